The Morgan fingerprint density at radius 2 is 1.85 bits per heavy atom. The van der Waals surface area contributed by atoms with Crippen molar-refractivity contribution in [3.05, 3.63) is 83.2 Å². The molecule has 1 aromatic rings. The third-order valence-electron chi connectivity index (χ3n) is 7.73. The number of allylic oxidation sites excluding steroid dienone is 7. The highest BCUT2D eigenvalue weighted by Gasteiger charge is 2.29. The molecule has 0 saturated heterocycles. The molecule has 0 amide bonds. The quantitative estimate of drug-likeness (QED) is 0.228. The smallest absolute Gasteiger partial charge is 0.0913 e. The lowest BCUT2D eigenvalue weighted by Gasteiger charge is -2.35. The Morgan fingerprint density at radius 1 is 1.15 bits per heavy atom. The minimum atomic E-state index is 0.584. The largest absolute Gasteiger partial charge is 0.501 e. The first-order valence-corrected chi connectivity index (χ1v) is 13.0. The third kappa shape index (κ3) is 8.69. The van der Waals surface area contributed by atoms with Gasteiger partial charge in [0.25, 0.3) is 0 Å². The van der Waals surface area contributed by atoms with Gasteiger partial charge in [-0.15, -0.1) is 0 Å². The summed E-state index contributed by atoms with van der Waals surface area (Å²) in [4.78, 5) is 0. The molecular formula is C32H48O. The maximum absolute atomic E-state index is 5.54. The molecule has 0 fully saturated rings. The summed E-state index contributed by atoms with van der Waals surface area (Å²) in [6.07, 6.45) is 14.3. The van der Waals surface area contributed by atoms with Crippen LogP contribution >= 0.6 is 0 Å². The van der Waals surface area contributed by atoms with Crippen LogP contribution in [0.4, 0.5) is 0 Å². The van der Waals surface area contributed by atoms with Gasteiger partial charge < -0.3 is 4.74 Å². The van der Waals surface area contributed by atoms with Crippen LogP contribution in [0.1, 0.15) is 91.5 Å². The molecule has 0 heterocycles. The van der Waals surface area contributed by atoms with Gasteiger partial charge in [-0.1, -0.05) is 79.6 Å². The van der Waals surface area contributed by atoms with Crippen molar-refractivity contribution in [2.45, 2.75) is 86.0 Å². The number of hydrogen-bond acceptors (Lipinski definition) is 1. The van der Waals surface area contributed by atoms with E-state index in [1.54, 1.807) is 12.7 Å². The second kappa shape index (κ2) is 13.6. The number of benzene rings is 1. The van der Waals surface area contributed by atoms with E-state index in [0.717, 1.165) is 25.0 Å². The Balaban J connectivity index is 2.09. The molecule has 1 aromatic carbocycles. The van der Waals surface area contributed by atoms with Gasteiger partial charge >= 0.3 is 0 Å². The van der Waals surface area contributed by atoms with Crippen LogP contribution in [0.2, 0.25) is 0 Å². The molecule has 0 spiro atoms. The molecule has 182 valence electrons. The fourth-order valence-electron chi connectivity index (χ4n) is 5.76. The fourth-order valence-corrected chi connectivity index (χ4v) is 5.76. The Labute approximate surface area is 204 Å². The molecule has 1 heteroatoms. The number of hydrogen-bond donors (Lipinski definition) is 0. The van der Waals surface area contributed by atoms with Crippen molar-refractivity contribution >= 4 is 0 Å². The van der Waals surface area contributed by atoms with Gasteiger partial charge in [-0.2, -0.15) is 0 Å². The molecule has 0 N–H and O–H groups in total. The second-order valence-corrected chi connectivity index (χ2v) is 10.6. The summed E-state index contributed by atoms with van der Waals surface area (Å²) in [5.74, 6) is 4.31. The molecule has 0 bridgehead atoms. The monoisotopic (exact) mass is 448 g/mol. The zero-order valence-corrected chi connectivity index (χ0v) is 22.4. The summed E-state index contributed by atoms with van der Waals surface area (Å²) >= 11 is 0. The van der Waals surface area contributed by atoms with Crippen LogP contribution in [0.15, 0.2) is 77.6 Å². The van der Waals surface area contributed by atoms with E-state index in [0.29, 0.717) is 29.6 Å². The standard InChI is InChI=1S/C32H48O/c1-9-31(33-8)17-15-28(20-24(4)19-23(2)3)22-29-16-18-32(25(5)21-29)27(7)26(6)30-13-11-10-12-14-30/h9-14,20-21,26-29,32H,2,15-19,22H2,1,3-8H3. The summed E-state index contributed by atoms with van der Waals surface area (Å²) in [5.41, 5.74) is 5.77. The van der Waals surface area contributed by atoms with Crippen LogP contribution < -0.4 is 0 Å². The van der Waals surface area contributed by atoms with Gasteiger partial charge in [0.2, 0.25) is 0 Å². The van der Waals surface area contributed by atoms with E-state index < -0.39 is 0 Å². The van der Waals surface area contributed by atoms with Crippen molar-refractivity contribution in [2.24, 2.45) is 23.7 Å². The number of methoxy groups -OCH3 is 1. The number of ether oxygens (including phenoxy) is 1. The Kier molecular flexibility index (Phi) is 11.2. The van der Waals surface area contributed by atoms with E-state index in [-0.39, 0.29) is 0 Å². The molecule has 0 saturated carbocycles. The molecule has 5 atom stereocenters. The average Bonchev–Trinajstić information content (AvgIpc) is 2.78. The van der Waals surface area contributed by atoms with E-state index in [2.05, 4.69) is 96.7 Å². The Hall–Kier alpha value is -2.02. The highest BCUT2D eigenvalue weighted by Crippen LogP contribution is 2.41. The molecule has 1 aliphatic carbocycles. The van der Waals surface area contributed by atoms with Crippen LogP contribution in [-0.2, 0) is 4.74 Å². The molecule has 0 radical (unpaired) electrons. The maximum Gasteiger partial charge on any atom is 0.0913 e. The third-order valence-corrected chi connectivity index (χ3v) is 7.73. The van der Waals surface area contributed by atoms with Crippen molar-refractivity contribution in [1.29, 1.82) is 0 Å². The topological polar surface area (TPSA) is 9.23 Å². The van der Waals surface area contributed by atoms with Crippen LogP contribution in [0.5, 0.6) is 0 Å². The van der Waals surface area contributed by atoms with Gasteiger partial charge in [0.05, 0.1) is 12.9 Å². The van der Waals surface area contributed by atoms with E-state index >= 15 is 0 Å². The molecule has 33 heavy (non-hydrogen) atoms. The predicted octanol–water partition coefficient (Wildman–Crippen LogP) is 9.65. The lowest BCUT2D eigenvalue weighted by atomic mass is 9.70. The van der Waals surface area contributed by atoms with E-state index in [1.165, 1.54) is 36.0 Å². The van der Waals surface area contributed by atoms with Gasteiger partial charge in [0.1, 0.15) is 0 Å². The zero-order chi connectivity index (χ0) is 24.4. The highest BCUT2D eigenvalue weighted by molar-refractivity contribution is 5.22. The van der Waals surface area contributed by atoms with E-state index in [4.69, 9.17) is 4.74 Å². The van der Waals surface area contributed by atoms with Gasteiger partial charge in [-0.3, -0.25) is 0 Å². The zero-order valence-electron chi connectivity index (χ0n) is 22.4. The average molecular weight is 449 g/mol. The van der Waals surface area contributed by atoms with Gasteiger partial charge in [0.15, 0.2) is 0 Å². The number of rotatable bonds is 12. The first-order chi connectivity index (χ1) is 15.7. The van der Waals surface area contributed by atoms with Crippen LogP contribution in [0.3, 0.4) is 0 Å². The van der Waals surface area contributed by atoms with Crippen molar-refractivity contribution in [3.63, 3.8) is 0 Å². The van der Waals surface area contributed by atoms with Crippen LogP contribution in [-0.4, -0.2) is 7.11 Å². The molecule has 1 nitrogen and oxygen atoms in total. The molecule has 1 aliphatic rings. The fraction of sp³-hybridized carbons (Fsp3) is 0.562. The molecule has 0 aromatic heterocycles. The molecular weight excluding hydrogens is 400 g/mol. The summed E-state index contributed by atoms with van der Waals surface area (Å²) in [5, 5.41) is 0. The van der Waals surface area contributed by atoms with Crippen LogP contribution in [0, 0.1) is 23.7 Å². The normalized spacial score (nSPS) is 22.3. The Bertz CT molecular complexity index is 825. The van der Waals surface area contributed by atoms with Gasteiger partial charge in [0, 0.05) is 6.42 Å². The van der Waals surface area contributed by atoms with Crippen molar-refractivity contribution in [3.8, 4) is 0 Å². The highest BCUT2D eigenvalue weighted by atomic mass is 16.5. The van der Waals surface area contributed by atoms with Gasteiger partial charge in [-0.25, -0.2) is 0 Å². The summed E-state index contributed by atoms with van der Waals surface area (Å²) in [6.45, 7) is 17.8. The minimum Gasteiger partial charge on any atom is -0.501 e. The van der Waals surface area contributed by atoms with E-state index in [9.17, 15) is 0 Å². The first kappa shape index (κ1) is 27.2. The molecule has 2 rings (SSSR count). The summed E-state index contributed by atoms with van der Waals surface area (Å²) < 4.78 is 5.54. The first-order valence-electron chi connectivity index (χ1n) is 13.0. The predicted molar refractivity (Wildman–Crippen MR) is 145 cm³/mol. The van der Waals surface area contributed by atoms with Gasteiger partial charge in [-0.05, 0) is 101 Å². The summed E-state index contributed by atoms with van der Waals surface area (Å²) in [6, 6.07) is 11.0. The SMILES string of the molecule is C=C(C)CC(C)=CC(CCC(=CC)OC)CC1C=C(C)C(C(C)C(C)c2ccccc2)CC1. The van der Waals surface area contributed by atoms with Crippen molar-refractivity contribution in [1.82, 2.24) is 0 Å². The second-order valence-electron chi connectivity index (χ2n) is 10.6. The summed E-state index contributed by atoms with van der Waals surface area (Å²) in [7, 11) is 1.79. The maximum atomic E-state index is 5.54. The van der Waals surface area contributed by atoms with Crippen LogP contribution in [0.25, 0.3) is 0 Å². The molecule has 5 unspecified atom stereocenters. The van der Waals surface area contributed by atoms with E-state index in [1.807, 2.05) is 0 Å². The Morgan fingerprint density at radius 3 is 2.42 bits per heavy atom. The molecule has 0 aliphatic heterocycles. The lowest BCUT2D eigenvalue weighted by molar-refractivity contribution is 0.262. The van der Waals surface area contributed by atoms with Crippen molar-refractivity contribution in [2.75, 3.05) is 7.11 Å². The van der Waals surface area contributed by atoms with Crippen molar-refractivity contribution < 1.29 is 4.74 Å². The minimum absolute atomic E-state index is 0.584. The lowest BCUT2D eigenvalue weighted by Crippen LogP contribution is -2.24.